The summed E-state index contributed by atoms with van der Waals surface area (Å²) in [5.41, 5.74) is 6.23. The van der Waals surface area contributed by atoms with Crippen molar-refractivity contribution < 1.29 is 14.8 Å². The number of carboxylic acid groups (broad SMARTS) is 1. The number of aryl methyl sites for hydroxylation is 1. The minimum atomic E-state index is -1.03. The van der Waals surface area contributed by atoms with Gasteiger partial charge in [-0.05, 0) is 18.6 Å². The van der Waals surface area contributed by atoms with Gasteiger partial charge < -0.3 is 10.8 Å². The Balaban J connectivity index is 3.14. The Labute approximate surface area is 91.8 Å². The number of hydrogen-bond acceptors (Lipinski definition) is 4. The van der Waals surface area contributed by atoms with Gasteiger partial charge in [-0.15, -0.1) is 0 Å². The zero-order chi connectivity index (χ0) is 12.3. The summed E-state index contributed by atoms with van der Waals surface area (Å²) >= 11 is 0. The number of nitro groups is 1. The summed E-state index contributed by atoms with van der Waals surface area (Å²) in [6.45, 7) is 1.53. The summed E-state index contributed by atoms with van der Waals surface area (Å²) in [6.07, 6.45) is 0. The molecule has 1 unspecified atom stereocenters. The molecule has 0 saturated carbocycles. The van der Waals surface area contributed by atoms with E-state index in [9.17, 15) is 14.9 Å². The van der Waals surface area contributed by atoms with Crippen LogP contribution in [0.15, 0.2) is 18.2 Å². The highest BCUT2D eigenvalue weighted by Gasteiger charge is 2.20. The molecule has 0 aliphatic rings. The van der Waals surface area contributed by atoms with Crippen molar-refractivity contribution in [2.45, 2.75) is 12.8 Å². The van der Waals surface area contributed by atoms with Crippen LogP contribution < -0.4 is 5.73 Å². The molecule has 1 aromatic rings. The first-order valence-corrected chi connectivity index (χ1v) is 4.65. The fourth-order valence-electron chi connectivity index (χ4n) is 1.48. The molecule has 0 amide bonds. The maximum Gasteiger partial charge on any atom is 0.312 e. The summed E-state index contributed by atoms with van der Waals surface area (Å²) in [5.74, 6) is -1.85. The number of carbonyl (C=O) groups is 1. The Hall–Kier alpha value is -1.95. The van der Waals surface area contributed by atoms with Gasteiger partial charge in [0, 0.05) is 18.2 Å². The van der Waals surface area contributed by atoms with Crippen molar-refractivity contribution in [2.75, 3.05) is 6.54 Å². The average molecular weight is 224 g/mol. The molecule has 0 spiro atoms. The number of rotatable bonds is 4. The fraction of sp³-hybridized carbons (Fsp3) is 0.300. The molecule has 0 aliphatic heterocycles. The maximum atomic E-state index is 10.8. The molecule has 6 heteroatoms. The van der Waals surface area contributed by atoms with Gasteiger partial charge in [0.05, 0.1) is 10.8 Å². The van der Waals surface area contributed by atoms with Crippen LogP contribution in [0.5, 0.6) is 0 Å². The Bertz CT molecular complexity index is 431. The van der Waals surface area contributed by atoms with Crippen LogP contribution in [0.4, 0.5) is 5.69 Å². The van der Waals surface area contributed by atoms with Gasteiger partial charge in [-0.25, -0.2) is 0 Å². The summed E-state index contributed by atoms with van der Waals surface area (Å²) in [5, 5.41) is 19.5. The molecule has 0 aromatic heterocycles. The van der Waals surface area contributed by atoms with E-state index in [1.165, 1.54) is 18.2 Å². The van der Waals surface area contributed by atoms with Crippen LogP contribution in [0, 0.1) is 17.0 Å². The van der Waals surface area contributed by atoms with Gasteiger partial charge >= 0.3 is 5.97 Å². The van der Waals surface area contributed by atoms with E-state index in [0.29, 0.717) is 11.1 Å². The molecule has 0 radical (unpaired) electrons. The molecule has 16 heavy (non-hydrogen) atoms. The number of benzene rings is 1. The molecule has 86 valence electrons. The molecule has 0 heterocycles. The van der Waals surface area contributed by atoms with E-state index < -0.39 is 16.8 Å². The lowest BCUT2D eigenvalue weighted by atomic mass is 9.97. The lowest BCUT2D eigenvalue weighted by molar-refractivity contribution is -0.385. The van der Waals surface area contributed by atoms with Crippen LogP contribution in [0.2, 0.25) is 0 Å². The molecule has 0 saturated heterocycles. The van der Waals surface area contributed by atoms with E-state index in [2.05, 4.69) is 0 Å². The zero-order valence-corrected chi connectivity index (χ0v) is 8.71. The van der Waals surface area contributed by atoms with Crippen molar-refractivity contribution in [1.29, 1.82) is 0 Å². The van der Waals surface area contributed by atoms with Gasteiger partial charge in [0.15, 0.2) is 0 Å². The van der Waals surface area contributed by atoms with Crippen molar-refractivity contribution >= 4 is 11.7 Å². The van der Waals surface area contributed by atoms with Crippen molar-refractivity contribution in [2.24, 2.45) is 5.73 Å². The Morgan fingerprint density at radius 3 is 2.62 bits per heavy atom. The summed E-state index contributed by atoms with van der Waals surface area (Å²) in [6, 6.07) is 4.22. The van der Waals surface area contributed by atoms with Gasteiger partial charge in [-0.1, -0.05) is 6.07 Å². The SMILES string of the molecule is Cc1cc(C(CN)C(=O)O)ccc1[N+](=O)[O-]. The van der Waals surface area contributed by atoms with Crippen LogP contribution >= 0.6 is 0 Å². The summed E-state index contributed by atoms with van der Waals surface area (Å²) < 4.78 is 0. The van der Waals surface area contributed by atoms with Crippen molar-refractivity contribution in [1.82, 2.24) is 0 Å². The molecule has 3 N–H and O–H groups in total. The first-order chi connectivity index (χ1) is 7.47. The Kier molecular flexibility index (Phi) is 3.57. The highest BCUT2D eigenvalue weighted by atomic mass is 16.6. The van der Waals surface area contributed by atoms with E-state index in [1.807, 2.05) is 0 Å². The van der Waals surface area contributed by atoms with Crippen LogP contribution in [-0.4, -0.2) is 22.5 Å². The van der Waals surface area contributed by atoms with Crippen LogP contribution in [0.1, 0.15) is 17.0 Å². The van der Waals surface area contributed by atoms with Crippen molar-refractivity contribution in [3.63, 3.8) is 0 Å². The predicted octanol–water partition coefficient (Wildman–Crippen LogP) is 1.03. The minimum absolute atomic E-state index is 0.0232. The Morgan fingerprint density at radius 1 is 1.62 bits per heavy atom. The average Bonchev–Trinajstić information content (AvgIpc) is 2.17. The topological polar surface area (TPSA) is 106 Å². The fourth-order valence-corrected chi connectivity index (χ4v) is 1.48. The molecule has 1 atom stereocenters. The molecular weight excluding hydrogens is 212 g/mol. The van der Waals surface area contributed by atoms with E-state index in [4.69, 9.17) is 10.8 Å². The van der Waals surface area contributed by atoms with Crippen LogP contribution in [0.3, 0.4) is 0 Å². The normalized spacial score (nSPS) is 12.1. The second-order valence-corrected chi connectivity index (χ2v) is 3.43. The highest BCUT2D eigenvalue weighted by molar-refractivity contribution is 5.76. The third kappa shape index (κ3) is 2.34. The number of nitrogens with zero attached hydrogens (tertiary/aromatic N) is 1. The standard InChI is InChI=1S/C10H12N2O4/c1-6-4-7(8(5-11)10(13)14)2-3-9(6)12(15)16/h2-4,8H,5,11H2,1H3,(H,13,14). The maximum absolute atomic E-state index is 10.8. The lowest BCUT2D eigenvalue weighted by Gasteiger charge is -2.10. The van der Waals surface area contributed by atoms with Crippen molar-refractivity contribution in [3.8, 4) is 0 Å². The third-order valence-electron chi connectivity index (χ3n) is 2.35. The number of hydrogen-bond donors (Lipinski definition) is 2. The molecule has 0 fully saturated rings. The third-order valence-corrected chi connectivity index (χ3v) is 2.35. The second kappa shape index (κ2) is 4.71. The molecule has 0 aliphatic carbocycles. The number of nitrogens with two attached hydrogens (primary N) is 1. The molecule has 6 nitrogen and oxygen atoms in total. The summed E-state index contributed by atoms with van der Waals surface area (Å²) in [7, 11) is 0. The van der Waals surface area contributed by atoms with E-state index in [-0.39, 0.29) is 12.2 Å². The Morgan fingerprint density at radius 2 is 2.25 bits per heavy atom. The molecule has 1 aromatic carbocycles. The largest absolute Gasteiger partial charge is 0.481 e. The highest BCUT2D eigenvalue weighted by Crippen LogP contribution is 2.23. The minimum Gasteiger partial charge on any atom is -0.481 e. The summed E-state index contributed by atoms with van der Waals surface area (Å²) in [4.78, 5) is 20.9. The first kappa shape index (κ1) is 12.1. The van der Waals surface area contributed by atoms with Crippen molar-refractivity contribution in [3.05, 3.63) is 39.4 Å². The monoisotopic (exact) mass is 224 g/mol. The smallest absolute Gasteiger partial charge is 0.312 e. The number of aliphatic carboxylic acids is 1. The first-order valence-electron chi connectivity index (χ1n) is 4.65. The number of nitro benzene ring substituents is 1. The van der Waals surface area contributed by atoms with Gasteiger partial charge in [0.25, 0.3) is 5.69 Å². The molecule has 1 rings (SSSR count). The zero-order valence-electron chi connectivity index (χ0n) is 8.71. The van der Waals surface area contributed by atoms with E-state index in [0.717, 1.165) is 0 Å². The lowest BCUT2D eigenvalue weighted by Crippen LogP contribution is -2.21. The molecule has 0 bridgehead atoms. The second-order valence-electron chi connectivity index (χ2n) is 3.43. The van der Waals surface area contributed by atoms with Crippen LogP contribution in [0.25, 0.3) is 0 Å². The molecular formula is C10H12N2O4. The van der Waals surface area contributed by atoms with Gasteiger partial charge in [-0.3, -0.25) is 14.9 Å². The predicted molar refractivity (Wildman–Crippen MR) is 57.3 cm³/mol. The van der Waals surface area contributed by atoms with Gasteiger partial charge in [-0.2, -0.15) is 0 Å². The quantitative estimate of drug-likeness (QED) is 0.586. The number of carboxylic acids is 1. The van der Waals surface area contributed by atoms with Crippen LogP contribution in [-0.2, 0) is 4.79 Å². The van der Waals surface area contributed by atoms with Gasteiger partial charge in [0.2, 0.25) is 0 Å². The van der Waals surface area contributed by atoms with E-state index >= 15 is 0 Å². The van der Waals surface area contributed by atoms with E-state index in [1.54, 1.807) is 6.92 Å². The van der Waals surface area contributed by atoms with Gasteiger partial charge in [0.1, 0.15) is 0 Å².